The molecule has 1 unspecified atom stereocenters. The fourth-order valence-electron chi connectivity index (χ4n) is 3.49. The van der Waals surface area contributed by atoms with Crippen LogP contribution in [0.4, 0.5) is 5.69 Å². The number of sulfonamides is 1. The van der Waals surface area contributed by atoms with E-state index in [-0.39, 0.29) is 27.6 Å². The van der Waals surface area contributed by atoms with Gasteiger partial charge in [-0.3, -0.25) is 9.59 Å². The van der Waals surface area contributed by atoms with E-state index in [1.54, 1.807) is 20.8 Å². The largest absolute Gasteiger partial charge is 0.506 e. The number of para-hydroxylation sites is 1. The highest BCUT2D eigenvalue weighted by molar-refractivity contribution is 7.90. The lowest BCUT2D eigenvalue weighted by Gasteiger charge is -2.39. The van der Waals surface area contributed by atoms with Gasteiger partial charge in [0, 0.05) is 6.54 Å². The summed E-state index contributed by atoms with van der Waals surface area (Å²) in [5.74, 6) is -3.13. The van der Waals surface area contributed by atoms with Crippen LogP contribution in [0.2, 0.25) is 0 Å². The molecule has 0 aromatic heterocycles. The number of nitrogens with zero attached hydrogens (tertiary/aromatic N) is 3. The summed E-state index contributed by atoms with van der Waals surface area (Å²) in [6.07, 6.45) is 0.646. The van der Waals surface area contributed by atoms with Gasteiger partial charge in [0.2, 0.25) is 0 Å². The molecule has 0 saturated carbocycles. The Hall–Kier alpha value is -2.62. The normalized spacial score (nSPS) is 21.4. The molecule has 0 bridgehead atoms. The summed E-state index contributed by atoms with van der Waals surface area (Å²) in [7, 11) is -4.18. The Balaban J connectivity index is 2.04. The van der Waals surface area contributed by atoms with Gasteiger partial charge in [-0.15, -0.1) is 4.40 Å². The van der Waals surface area contributed by atoms with Crippen molar-refractivity contribution in [2.75, 3.05) is 11.9 Å². The second-order valence-electron chi connectivity index (χ2n) is 9.75. The zero-order valence-electron chi connectivity index (χ0n) is 18.1. The second-order valence-corrected chi connectivity index (χ2v) is 11.3. The molecule has 1 saturated heterocycles. The zero-order valence-corrected chi connectivity index (χ0v) is 18.9. The van der Waals surface area contributed by atoms with Crippen molar-refractivity contribution in [3.63, 3.8) is 0 Å². The summed E-state index contributed by atoms with van der Waals surface area (Å²) in [4.78, 5) is 26.4. The first kappa shape index (κ1) is 22.1. The number of amides is 2. The van der Waals surface area contributed by atoms with E-state index >= 15 is 0 Å². The van der Waals surface area contributed by atoms with E-state index in [4.69, 9.17) is 0 Å². The molecule has 2 heterocycles. The fourth-order valence-corrected chi connectivity index (χ4v) is 4.66. The van der Waals surface area contributed by atoms with Crippen LogP contribution in [0.15, 0.2) is 27.5 Å². The lowest BCUT2D eigenvalue weighted by atomic mass is 9.92. The minimum Gasteiger partial charge on any atom is -0.506 e. The summed E-state index contributed by atoms with van der Waals surface area (Å²) in [6, 6.07) is 4.00. The highest BCUT2D eigenvalue weighted by Crippen LogP contribution is 2.38. The summed E-state index contributed by atoms with van der Waals surface area (Å²) >= 11 is 0. The highest BCUT2D eigenvalue weighted by atomic mass is 32.2. The molecule has 9 nitrogen and oxygen atoms in total. The van der Waals surface area contributed by atoms with Crippen LogP contribution < -0.4 is 5.32 Å². The fraction of sp³-hybridized carbons (Fsp3) is 0.550. The van der Waals surface area contributed by atoms with E-state index in [0.29, 0.717) is 13.0 Å². The first-order chi connectivity index (χ1) is 13.6. The van der Waals surface area contributed by atoms with E-state index in [2.05, 4.69) is 9.71 Å². The molecule has 164 valence electrons. The Bertz CT molecular complexity index is 1030. The smallest absolute Gasteiger partial charge is 0.286 e. The number of hydrazine groups is 1. The molecule has 2 aliphatic heterocycles. The number of benzene rings is 1. The van der Waals surface area contributed by atoms with E-state index in [1.807, 2.05) is 20.8 Å². The third-order valence-electron chi connectivity index (χ3n) is 4.93. The standard InChI is InChI=1S/C20H28N4O5S/c1-19(2,3)10-11-23-17(26)14(18(27)24(23)20(4,5)6)16-21-15-12(25)8-7-9-13(15)30(28,29)22-16/h7-9,14,25H,10-11H2,1-6H3,(H,21,22). The lowest BCUT2D eigenvalue weighted by Crippen LogP contribution is -2.52. The molecule has 2 N–H and O–H groups in total. The molecule has 0 spiro atoms. The van der Waals surface area contributed by atoms with Crippen LogP contribution in [0.3, 0.4) is 0 Å². The predicted octanol–water partition coefficient (Wildman–Crippen LogP) is 2.34. The first-order valence-electron chi connectivity index (χ1n) is 9.73. The monoisotopic (exact) mass is 436 g/mol. The molecule has 1 aromatic rings. The van der Waals surface area contributed by atoms with Crippen molar-refractivity contribution < 1.29 is 23.1 Å². The maximum absolute atomic E-state index is 13.3. The van der Waals surface area contributed by atoms with Crippen molar-refractivity contribution in [3.8, 4) is 5.75 Å². The van der Waals surface area contributed by atoms with Crippen LogP contribution in [-0.4, -0.2) is 53.3 Å². The average molecular weight is 437 g/mol. The summed E-state index contributed by atoms with van der Waals surface area (Å²) in [5.41, 5.74) is -0.855. The van der Waals surface area contributed by atoms with Gasteiger partial charge in [-0.1, -0.05) is 26.8 Å². The Morgan fingerprint density at radius 2 is 1.73 bits per heavy atom. The lowest BCUT2D eigenvalue weighted by molar-refractivity contribution is -0.158. The molecular formula is C20H28N4O5S. The third kappa shape index (κ3) is 3.88. The van der Waals surface area contributed by atoms with Crippen LogP contribution in [0.25, 0.3) is 0 Å². The molecule has 1 aromatic carbocycles. The molecule has 0 aliphatic carbocycles. The average Bonchev–Trinajstić information content (AvgIpc) is 2.83. The van der Waals surface area contributed by atoms with E-state index in [0.717, 1.165) is 0 Å². The molecule has 3 rings (SSSR count). The summed E-state index contributed by atoms with van der Waals surface area (Å²) in [6.45, 7) is 11.8. The summed E-state index contributed by atoms with van der Waals surface area (Å²) in [5, 5.41) is 15.6. The third-order valence-corrected chi connectivity index (χ3v) is 6.27. The van der Waals surface area contributed by atoms with E-state index in [9.17, 15) is 23.1 Å². The van der Waals surface area contributed by atoms with Crippen LogP contribution >= 0.6 is 0 Å². The van der Waals surface area contributed by atoms with Crippen LogP contribution in [-0.2, 0) is 19.6 Å². The summed E-state index contributed by atoms with van der Waals surface area (Å²) < 4.78 is 29.0. The first-order valence-corrected chi connectivity index (χ1v) is 11.2. The van der Waals surface area contributed by atoms with Gasteiger partial charge < -0.3 is 10.4 Å². The number of hydrogen-bond acceptors (Lipinski definition) is 6. The topological polar surface area (TPSA) is 119 Å². The van der Waals surface area contributed by atoms with Gasteiger partial charge >= 0.3 is 0 Å². The maximum atomic E-state index is 13.3. The minimum atomic E-state index is -4.18. The number of amidine groups is 1. The minimum absolute atomic E-state index is 0.0698. The van der Waals surface area contributed by atoms with Crippen molar-refractivity contribution in [3.05, 3.63) is 18.2 Å². The number of phenols is 1. The SMILES string of the molecule is CC(C)(C)CCN1C(=O)C(C2=NS(=O)(=O)c3cccc(O)c3N2)C(=O)N1C(C)(C)C. The number of anilines is 1. The highest BCUT2D eigenvalue weighted by Gasteiger charge is 2.53. The number of carbonyl (C=O) groups excluding carboxylic acids is 2. The van der Waals surface area contributed by atoms with Gasteiger partial charge in [0.15, 0.2) is 5.92 Å². The van der Waals surface area contributed by atoms with Crippen LogP contribution in [0.5, 0.6) is 5.75 Å². The molecular weight excluding hydrogens is 408 g/mol. The van der Waals surface area contributed by atoms with Gasteiger partial charge in [-0.05, 0) is 44.7 Å². The molecule has 2 aliphatic rings. The molecule has 2 amide bonds. The number of phenolic OH excluding ortho intramolecular Hbond substituents is 1. The zero-order chi connectivity index (χ0) is 22.6. The number of aromatic hydroxyl groups is 1. The maximum Gasteiger partial charge on any atom is 0.286 e. The van der Waals surface area contributed by atoms with Crippen LogP contribution in [0.1, 0.15) is 48.0 Å². The van der Waals surface area contributed by atoms with E-state index < -0.39 is 33.3 Å². The molecule has 1 fully saturated rings. The van der Waals surface area contributed by atoms with Gasteiger partial charge in [0.1, 0.15) is 22.2 Å². The Labute approximate surface area is 176 Å². The molecule has 0 radical (unpaired) electrons. The second kappa shape index (κ2) is 6.97. The number of fused-ring (bicyclic) bond motifs is 1. The van der Waals surface area contributed by atoms with Crippen molar-refractivity contribution in [1.82, 2.24) is 10.0 Å². The van der Waals surface area contributed by atoms with Gasteiger partial charge in [0.05, 0.1) is 5.54 Å². The van der Waals surface area contributed by atoms with E-state index in [1.165, 1.54) is 28.2 Å². The molecule has 10 heteroatoms. The van der Waals surface area contributed by atoms with Gasteiger partial charge in [-0.25, -0.2) is 10.0 Å². The van der Waals surface area contributed by atoms with Crippen molar-refractivity contribution in [2.45, 2.75) is 58.4 Å². The van der Waals surface area contributed by atoms with Crippen molar-refractivity contribution in [1.29, 1.82) is 0 Å². The van der Waals surface area contributed by atoms with Crippen LogP contribution in [0, 0.1) is 11.3 Å². The van der Waals surface area contributed by atoms with Crippen molar-refractivity contribution in [2.24, 2.45) is 15.7 Å². The van der Waals surface area contributed by atoms with Crippen molar-refractivity contribution >= 4 is 33.4 Å². The Morgan fingerprint density at radius 3 is 2.30 bits per heavy atom. The van der Waals surface area contributed by atoms with Gasteiger partial charge in [0.25, 0.3) is 21.8 Å². The van der Waals surface area contributed by atoms with Gasteiger partial charge in [-0.2, -0.15) is 8.42 Å². The quantitative estimate of drug-likeness (QED) is 0.554. The number of nitrogens with one attached hydrogen (secondary N) is 1. The number of hydrogen-bond donors (Lipinski definition) is 2. The molecule has 30 heavy (non-hydrogen) atoms. The number of rotatable bonds is 3. The Morgan fingerprint density at radius 1 is 1.10 bits per heavy atom. The Kier molecular flexibility index (Phi) is 5.13. The number of carbonyl (C=O) groups is 2. The predicted molar refractivity (Wildman–Crippen MR) is 112 cm³/mol. The molecule has 1 atom stereocenters.